The number of carbonyl (C=O) groups is 1. The molecule has 0 bridgehead atoms. The quantitative estimate of drug-likeness (QED) is 0.0811. The molecular formula is C36H41N7O2. The van der Waals surface area contributed by atoms with Gasteiger partial charge in [0.05, 0.1) is 17.8 Å². The van der Waals surface area contributed by atoms with Crippen molar-refractivity contribution in [3.8, 4) is 5.75 Å². The first-order chi connectivity index (χ1) is 22.1. The summed E-state index contributed by atoms with van der Waals surface area (Å²) in [4.78, 5) is 21.7. The minimum absolute atomic E-state index is 0.00261. The lowest BCUT2D eigenvalue weighted by atomic mass is 10.1. The molecule has 1 aliphatic heterocycles. The van der Waals surface area contributed by atoms with Crippen molar-refractivity contribution >= 4 is 28.1 Å². The first-order valence-electron chi connectivity index (χ1n) is 15.9. The number of pyridine rings is 1. The van der Waals surface area contributed by atoms with Gasteiger partial charge in [0.15, 0.2) is 5.78 Å². The molecule has 6 rings (SSSR count). The number of allylic oxidation sites excluding steroid dienone is 6. The molecule has 9 heteroatoms. The molecular weight excluding hydrogens is 562 g/mol. The van der Waals surface area contributed by atoms with Crippen molar-refractivity contribution in [2.24, 2.45) is 0 Å². The summed E-state index contributed by atoms with van der Waals surface area (Å²) in [6.45, 7) is 6.23. The number of rotatable bonds is 14. The number of ketones is 1. The summed E-state index contributed by atoms with van der Waals surface area (Å²) in [5.74, 6) is 0.799. The first kappa shape index (κ1) is 30.3. The van der Waals surface area contributed by atoms with Gasteiger partial charge in [-0.2, -0.15) is 0 Å². The zero-order chi connectivity index (χ0) is 30.8. The molecule has 232 valence electrons. The van der Waals surface area contributed by atoms with Crippen LogP contribution in [0.4, 0.5) is 11.4 Å². The second-order valence-electron chi connectivity index (χ2n) is 11.7. The largest absolute Gasteiger partial charge is 0.494 e. The lowest BCUT2D eigenvalue weighted by molar-refractivity contribution is 0.104. The van der Waals surface area contributed by atoms with Gasteiger partial charge < -0.3 is 15.4 Å². The van der Waals surface area contributed by atoms with Crippen molar-refractivity contribution < 1.29 is 9.53 Å². The molecule has 9 nitrogen and oxygen atoms in total. The van der Waals surface area contributed by atoms with Crippen LogP contribution < -0.4 is 15.4 Å². The van der Waals surface area contributed by atoms with Crippen LogP contribution >= 0.6 is 0 Å². The minimum Gasteiger partial charge on any atom is -0.494 e. The first-order valence-corrected chi connectivity index (χ1v) is 15.9. The van der Waals surface area contributed by atoms with Crippen LogP contribution in [0.1, 0.15) is 48.2 Å². The highest BCUT2D eigenvalue weighted by molar-refractivity contribution is 6.04. The van der Waals surface area contributed by atoms with E-state index in [9.17, 15) is 4.79 Å². The minimum atomic E-state index is 0.00261. The molecule has 2 aromatic heterocycles. The summed E-state index contributed by atoms with van der Waals surface area (Å²) in [6.07, 6.45) is 18.8. The third-order valence-electron chi connectivity index (χ3n) is 8.34. The molecule has 0 atom stereocenters. The van der Waals surface area contributed by atoms with Crippen LogP contribution in [-0.2, 0) is 13.1 Å². The van der Waals surface area contributed by atoms with E-state index in [2.05, 4.69) is 55.6 Å². The molecule has 4 aromatic rings. The van der Waals surface area contributed by atoms with E-state index < -0.39 is 0 Å². The SMILES string of the molecule is Nc1ccc2c(N3CCN(Cc4cn(CCCCCCOc5ccc(C(=O)/C=C/C6=CCC=C6)cc5)nn4)CC3)ccnc2c1. The average molecular weight is 604 g/mol. The van der Waals surface area contributed by atoms with Gasteiger partial charge in [0.25, 0.3) is 0 Å². The van der Waals surface area contributed by atoms with Gasteiger partial charge >= 0.3 is 0 Å². The monoisotopic (exact) mass is 603 g/mol. The number of unbranched alkanes of at least 4 members (excludes halogenated alkanes) is 3. The highest BCUT2D eigenvalue weighted by atomic mass is 16.5. The van der Waals surface area contributed by atoms with E-state index in [0.717, 1.165) is 105 Å². The number of ether oxygens (including phenoxy) is 1. The lowest BCUT2D eigenvalue weighted by Crippen LogP contribution is -2.46. The van der Waals surface area contributed by atoms with Gasteiger partial charge in [0, 0.05) is 74.0 Å². The molecule has 45 heavy (non-hydrogen) atoms. The van der Waals surface area contributed by atoms with Crippen molar-refractivity contribution in [3.05, 3.63) is 108 Å². The number of carbonyl (C=O) groups excluding carboxylic acids is 1. The summed E-state index contributed by atoms with van der Waals surface area (Å²) in [7, 11) is 0. The number of nitrogens with two attached hydrogens (primary N) is 1. The van der Waals surface area contributed by atoms with E-state index in [0.29, 0.717) is 12.2 Å². The summed E-state index contributed by atoms with van der Waals surface area (Å²) >= 11 is 0. The Labute approximate surface area is 264 Å². The number of nitrogens with zero attached hydrogens (tertiary/aromatic N) is 6. The van der Waals surface area contributed by atoms with Crippen LogP contribution in [-0.4, -0.2) is 63.4 Å². The highest BCUT2D eigenvalue weighted by Crippen LogP contribution is 2.27. The van der Waals surface area contributed by atoms with Crippen molar-refractivity contribution in [1.82, 2.24) is 24.9 Å². The van der Waals surface area contributed by atoms with E-state index in [4.69, 9.17) is 10.5 Å². The Morgan fingerprint density at radius 1 is 0.978 bits per heavy atom. The number of anilines is 2. The second-order valence-corrected chi connectivity index (χ2v) is 11.7. The van der Waals surface area contributed by atoms with Gasteiger partial charge in [0.1, 0.15) is 5.75 Å². The summed E-state index contributed by atoms with van der Waals surface area (Å²) in [5, 5.41) is 9.94. The van der Waals surface area contributed by atoms with Crippen LogP contribution in [0.3, 0.4) is 0 Å². The Kier molecular flexibility index (Phi) is 9.97. The number of nitrogen functional groups attached to an aromatic ring is 1. The average Bonchev–Trinajstić information content (AvgIpc) is 3.76. The summed E-state index contributed by atoms with van der Waals surface area (Å²) in [5.41, 5.74) is 11.6. The van der Waals surface area contributed by atoms with Gasteiger partial charge in [0.2, 0.25) is 0 Å². The molecule has 1 fully saturated rings. The van der Waals surface area contributed by atoms with Crippen LogP contribution in [0.15, 0.2) is 96.9 Å². The number of aromatic nitrogens is 4. The molecule has 2 aliphatic rings. The molecule has 0 radical (unpaired) electrons. The maximum absolute atomic E-state index is 12.4. The topological polar surface area (TPSA) is 102 Å². The molecule has 3 heterocycles. The summed E-state index contributed by atoms with van der Waals surface area (Å²) < 4.78 is 7.86. The molecule has 0 spiro atoms. The molecule has 1 aliphatic carbocycles. The Morgan fingerprint density at radius 2 is 1.82 bits per heavy atom. The van der Waals surface area contributed by atoms with Crippen LogP contribution in [0.5, 0.6) is 5.75 Å². The fraction of sp³-hybridized carbons (Fsp3) is 0.333. The summed E-state index contributed by atoms with van der Waals surface area (Å²) in [6, 6.07) is 15.5. The number of hydrogen-bond acceptors (Lipinski definition) is 8. The maximum atomic E-state index is 12.4. The third-order valence-corrected chi connectivity index (χ3v) is 8.34. The van der Waals surface area contributed by atoms with Crippen molar-refractivity contribution in [2.75, 3.05) is 43.4 Å². The second kappa shape index (κ2) is 14.8. The van der Waals surface area contributed by atoms with Gasteiger partial charge in [-0.05, 0) is 85.9 Å². The van der Waals surface area contributed by atoms with E-state index in [1.165, 1.54) is 5.69 Å². The van der Waals surface area contributed by atoms with Gasteiger partial charge in [-0.15, -0.1) is 5.10 Å². The van der Waals surface area contributed by atoms with Crippen LogP contribution in [0, 0.1) is 0 Å². The van der Waals surface area contributed by atoms with E-state index in [1.54, 1.807) is 6.08 Å². The maximum Gasteiger partial charge on any atom is 0.185 e. The van der Waals surface area contributed by atoms with Gasteiger partial charge in [-0.1, -0.05) is 35.9 Å². The zero-order valence-electron chi connectivity index (χ0n) is 25.7. The molecule has 0 unspecified atom stereocenters. The Bertz CT molecular complexity index is 1680. The Balaban J connectivity index is 0.848. The van der Waals surface area contributed by atoms with Gasteiger partial charge in [-0.3, -0.25) is 19.4 Å². The molecule has 0 amide bonds. The molecule has 2 N–H and O–H groups in total. The third kappa shape index (κ3) is 8.25. The van der Waals surface area contributed by atoms with Crippen LogP contribution in [0.25, 0.3) is 10.9 Å². The highest BCUT2D eigenvalue weighted by Gasteiger charge is 2.20. The number of benzene rings is 2. The normalized spacial score (nSPS) is 15.3. The smallest absolute Gasteiger partial charge is 0.185 e. The zero-order valence-corrected chi connectivity index (χ0v) is 25.7. The molecule has 1 saturated heterocycles. The van der Waals surface area contributed by atoms with Gasteiger partial charge in [-0.25, -0.2) is 0 Å². The van der Waals surface area contributed by atoms with E-state index in [-0.39, 0.29) is 5.78 Å². The number of hydrogen-bond donors (Lipinski definition) is 1. The molecule has 2 aromatic carbocycles. The molecule has 0 saturated carbocycles. The number of piperazine rings is 1. The number of aryl methyl sites for hydroxylation is 1. The predicted molar refractivity (Wildman–Crippen MR) is 179 cm³/mol. The van der Waals surface area contributed by atoms with E-state index >= 15 is 0 Å². The Morgan fingerprint density at radius 3 is 2.64 bits per heavy atom. The van der Waals surface area contributed by atoms with Crippen molar-refractivity contribution in [2.45, 2.75) is 45.2 Å². The van der Waals surface area contributed by atoms with Crippen molar-refractivity contribution in [1.29, 1.82) is 0 Å². The van der Waals surface area contributed by atoms with Crippen LogP contribution in [0.2, 0.25) is 0 Å². The lowest BCUT2D eigenvalue weighted by Gasteiger charge is -2.36. The Hall–Kier alpha value is -4.76. The predicted octanol–water partition coefficient (Wildman–Crippen LogP) is 6.00. The fourth-order valence-electron chi connectivity index (χ4n) is 5.82. The van der Waals surface area contributed by atoms with Crippen molar-refractivity contribution in [3.63, 3.8) is 0 Å². The number of fused-ring (bicyclic) bond motifs is 1. The standard InChI is InChI=1S/C36H41N7O2/c37-30-12-15-33-34(25-30)38-18-17-35(33)42-22-20-41(21-23-42)26-31-27-43(40-39-31)19-5-1-2-6-24-45-32-13-10-29(11-14-32)36(44)16-9-28-7-3-4-8-28/h3,7-18,25,27H,1-2,4-6,19-24,26,37H2/b16-9+. The fourth-order valence-corrected chi connectivity index (χ4v) is 5.82. The van der Waals surface area contributed by atoms with E-state index in [1.807, 2.05) is 59.4 Å².